The molecule has 0 aliphatic heterocycles. The predicted octanol–water partition coefficient (Wildman–Crippen LogP) is 3.87. The number of carbonyl (C=O) groups is 1. The number of carbonyl (C=O) groups excluding carboxylic acids is 1. The average molecular weight is 285 g/mol. The van der Waals surface area contributed by atoms with Crippen molar-refractivity contribution in [2.75, 3.05) is 19.8 Å². The van der Waals surface area contributed by atoms with Gasteiger partial charge in [0.05, 0.1) is 0 Å². The molecule has 0 aliphatic carbocycles. The van der Waals surface area contributed by atoms with Gasteiger partial charge in [0.1, 0.15) is 0 Å². The second kappa shape index (κ2) is 11.1. The summed E-state index contributed by atoms with van der Waals surface area (Å²) in [7, 11) is 0. The minimum absolute atomic E-state index is 0.0708. The van der Waals surface area contributed by atoms with Crippen molar-refractivity contribution in [2.24, 2.45) is 23.7 Å². The van der Waals surface area contributed by atoms with E-state index < -0.39 is 0 Å². The van der Waals surface area contributed by atoms with Gasteiger partial charge in [0.2, 0.25) is 5.91 Å². The minimum Gasteiger partial charge on any atom is -0.381 e. The molecule has 0 radical (unpaired) electrons. The number of ether oxygens (including phenoxy) is 1. The Hall–Kier alpha value is -0.570. The molecule has 0 saturated carbocycles. The maximum Gasteiger partial charge on any atom is 0.222 e. The van der Waals surface area contributed by atoms with Gasteiger partial charge in [-0.1, -0.05) is 41.5 Å². The van der Waals surface area contributed by atoms with Crippen LogP contribution in [0.1, 0.15) is 60.8 Å². The number of hydrogen-bond donors (Lipinski definition) is 1. The standard InChI is InChI=1S/C17H35NO2/c1-7-8-20-12-15(5)10-16(6)17(19)18-11-14(4)9-13(2)3/h13-16H,7-12H2,1-6H3,(H,18,19). The molecule has 1 N–H and O–H groups in total. The molecule has 0 spiro atoms. The Morgan fingerprint density at radius 3 is 2.25 bits per heavy atom. The van der Waals surface area contributed by atoms with E-state index in [-0.39, 0.29) is 11.8 Å². The van der Waals surface area contributed by atoms with Crippen molar-refractivity contribution in [1.29, 1.82) is 0 Å². The van der Waals surface area contributed by atoms with E-state index >= 15 is 0 Å². The van der Waals surface area contributed by atoms with Crippen LogP contribution >= 0.6 is 0 Å². The van der Waals surface area contributed by atoms with Gasteiger partial charge in [-0.15, -0.1) is 0 Å². The maximum absolute atomic E-state index is 12.0. The molecule has 3 nitrogen and oxygen atoms in total. The van der Waals surface area contributed by atoms with E-state index in [2.05, 4.69) is 39.9 Å². The van der Waals surface area contributed by atoms with Gasteiger partial charge in [-0.05, 0) is 37.0 Å². The van der Waals surface area contributed by atoms with Crippen molar-refractivity contribution in [3.05, 3.63) is 0 Å². The van der Waals surface area contributed by atoms with Crippen LogP contribution in [0.4, 0.5) is 0 Å². The van der Waals surface area contributed by atoms with E-state index in [0.717, 1.165) is 39.0 Å². The van der Waals surface area contributed by atoms with Crippen LogP contribution in [0.3, 0.4) is 0 Å². The second-order valence-electron chi connectivity index (χ2n) is 6.80. The zero-order valence-corrected chi connectivity index (χ0v) is 14.4. The Bertz CT molecular complexity index is 253. The van der Waals surface area contributed by atoms with Crippen molar-refractivity contribution >= 4 is 5.91 Å². The van der Waals surface area contributed by atoms with Crippen molar-refractivity contribution < 1.29 is 9.53 Å². The fourth-order valence-electron chi connectivity index (χ4n) is 2.54. The third-order valence-corrected chi connectivity index (χ3v) is 3.45. The van der Waals surface area contributed by atoms with Crippen LogP contribution in [0.15, 0.2) is 0 Å². The lowest BCUT2D eigenvalue weighted by Gasteiger charge is -2.19. The summed E-state index contributed by atoms with van der Waals surface area (Å²) in [6, 6.07) is 0. The Kier molecular flexibility index (Phi) is 10.8. The minimum atomic E-state index is 0.0708. The number of hydrogen-bond acceptors (Lipinski definition) is 2. The molecule has 120 valence electrons. The zero-order chi connectivity index (χ0) is 15.5. The first-order valence-corrected chi connectivity index (χ1v) is 8.22. The highest BCUT2D eigenvalue weighted by Crippen LogP contribution is 2.14. The molecule has 20 heavy (non-hydrogen) atoms. The van der Waals surface area contributed by atoms with Crippen molar-refractivity contribution in [2.45, 2.75) is 60.8 Å². The predicted molar refractivity (Wildman–Crippen MR) is 85.7 cm³/mol. The van der Waals surface area contributed by atoms with E-state index in [9.17, 15) is 4.79 Å². The van der Waals surface area contributed by atoms with Crippen LogP contribution in [0.2, 0.25) is 0 Å². The Morgan fingerprint density at radius 1 is 1.05 bits per heavy atom. The largest absolute Gasteiger partial charge is 0.381 e. The lowest BCUT2D eigenvalue weighted by atomic mass is 9.96. The molecule has 3 heteroatoms. The molecule has 0 aromatic carbocycles. The third-order valence-electron chi connectivity index (χ3n) is 3.45. The number of nitrogens with one attached hydrogen (secondary N) is 1. The average Bonchev–Trinajstić information content (AvgIpc) is 2.35. The lowest BCUT2D eigenvalue weighted by molar-refractivity contribution is -0.125. The van der Waals surface area contributed by atoms with Crippen LogP contribution in [-0.4, -0.2) is 25.7 Å². The quantitative estimate of drug-likeness (QED) is 0.585. The molecule has 3 unspecified atom stereocenters. The molecular weight excluding hydrogens is 250 g/mol. The zero-order valence-electron chi connectivity index (χ0n) is 14.4. The first-order valence-electron chi connectivity index (χ1n) is 8.22. The van der Waals surface area contributed by atoms with E-state index in [1.807, 2.05) is 6.92 Å². The summed E-state index contributed by atoms with van der Waals surface area (Å²) in [6.07, 6.45) is 3.11. The monoisotopic (exact) mass is 285 g/mol. The molecule has 0 saturated heterocycles. The van der Waals surface area contributed by atoms with Crippen LogP contribution in [-0.2, 0) is 9.53 Å². The molecule has 0 aromatic heterocycles. The SMILES string of the molecule is CCCOCC(C)CC(C)C(=O)NCC(C)CC(C)C. The summed E-state index contributed by atoms with van der Waals surface area (Å²) in [6.45, 7) is 15.3. The molecule has 0 bridgehead atoms. The molecule has 0 fully saturated rings. The van der Waals surface area contributed by atoms with Crippen LogP contribution < -0.4 is 5.32 Å². The van der Waals surface area contributed by atoms with Gasteiger partial charge < -0.3 is 10.1 Å². The topological polar surface area (TPSA) is 38.3 Å². The smallest absolute Gasteiger partial charge is 0.222 e. The van der Waals surface area contributed by atoms with Gasteiger partial charge in [0.15, 0.2) is 0 Å². The molecule has 0 aliphatic rings. The van der Waals surface area contributed by atoms with E-state index in [1.54, 1.807) is 0 Å². The molecular formula is C17H35NO2. The van der Waals surface area contributed by atoms with E-state index in [1.165, 1.54) is 0 Å². The highest BCUT2D eigenvalue weighted by atomic mass is 16.5. The van der Waals surface area contributed by atoms with Gasteiger partial charge in [-0.3, -0.25) is 4.79 Å². The number of rotatable bonds is 11. The Balaban J connectivity index is 3.85. The summed E-state index contributed by atoms with van der Waals surface area (Å²) >= 11 is 0. The van der Waals surface area contributed by atoms with Gasteiger partial charge in [-0.2, -0.15) is 0 Å². The molecule has 1 amide bonds. The van der Waals surface area contributed by atoms with Crippen molar-refractivity contribution in [1.82, 2.24) is 5.32 Å². The van der Waals surface area contributed by atoms with Crippen LogP contribution in [0.25, 0.3) is 0 Å². The Labute approximate surface area is 125 Å². The van der Waals surface area contributed by atoms with Gasteiger partial charge >= 0.3 is 0 Å². The second-order valence-corrected chi connectivity index (χ2v) is 6.80. The first-order chi connectivity index (χ1) is 9.36. The molecule has 0 heterocycles. The highest BCUT2D eigenvalue weighted by Gasteiger charge is 2.17. The van der Waals surface area contributed by atoms with Crippen LogP contribution in [0.5, 0.6) is 0 Å². The van der Waals surface area contributed by atoms with Crippen LogP contribution in [0, 0.1) is 23.7 Å². The van der Waals surface area contributed by atoms with E-state index in [0.29, 0.717) is 17.8 Å². The summed E-state index contributed by atoms with van der Waals surface area (Å²) < 4.78 is 5.54. The highest BCUT2D eigenvalue weighted by molar-refractivity contribution is 5.78. The molecule has 0 rings (SSSR count). The van der Waals surface area contributed by atoms with Gasteiger partial charge in [0.25, 0.3) is 0 Å². The Morgan fingerprint density at radius 2 is 1.70 bits per heavy atom. The summed E-state index contributed by atoms with van der Waals surface area (Å²) in [5.74, 6) is 1.94. The number of amides is 1. The van der Waals surface area contributed by atoms with Gasteiger partial charge in [0, 0.05) is 25.7 Å². The van der Waals surface area contributed by atoms with Crippen molar-refractivity contribution in [3.63, 3.8) is 0 Å². The molecule has 3 atom stereocenters. The first kappa shape index (κ1) is 19.4. The summed E-state index contributed by atoms with van der Waals surface area (Å²) in [5, 5.41) is 3.08. The summed E-state index contributed by atoms with van der Waals surface area (Å²) in [5.41, 5.74) is 0. The third kappa shape index (κ3) is 10.2. The van der Waals surface area contributed by atoms with E-state index in [4.69, 9.17) is 4.74 Å². The molecule has 0 aromatic rings. The van der Waals surface area contributed by atoms with Gasteiger partial charge in [-0.25, -0.2) is 0 Å². The lowest BCUT2D eigenvalue weighted by Crippen LogP contribution is -2.34. The maximum atomic E-state index is 12.0. The van der Waals surface area contributed by atoms with Crippen molar-refractivity contribution in [3.8, 4) is 0 Å². The fraction of sp³-hybridized carbons (Fsp3) is 0.941. The fourth-order valence-corrected chi connectivity index (χ4v) is 2.54. The normalized spacial score (nSPS) is 15.9. The summed E-state index contributed by atoms with van der Waals surface area (Å²) in [4.78, 5) is 12.0.